The quantitative estimate of drug-likeness (QED) is 0.633. The van der Waals surface area contributed by atoms with Crippen molar-refractivity contribution in [2.45, 2.75) is 32.5 Å². The van der Waals surface area contributed by atoms with Crippen LogP contribution in [0.25, 0.3) is 11.4 Å². The van der Waals surface area contributed by atoms with Crippen LogP contribution >= 0.6 is 0 Å². The van der Waals surface area contributed by atoms with E-state index < -0.39 is 12.8 Å². The average molecular weight is 426 g/mol. The third-order valence-electron chi connectivity index (χ3n) is 5.05. The van der Waals surface area contributed by atoms with E-state index in [2.05, 4.69) is 19.8 Å². The molecular weight excluding hydrogens is 401 g/mol. The molecule has 0 bridgehead atoms. The molecule has 0 aliphatic carbocycles. The van der Waals surface area contributed by atoms with Crippen molar-refractivity contribution in [3.8, 4) is 11.4 Å². The first-order valence-electron chi connectivity index (χ1n) is 9.80. The van der Waals surface area contributed by atoms with Crippen LogP contribution in [0.1, 0.15) is 30.8 Å². The Kier molecular flexibility index (Phi) is 7.09. The van der Waals surface area contributed by atoms with Crippen LogP contribution in [-0.4, -0.2) is 71.4 Å². The van der Waals surface area contributed by atoms with Crippen LogP contribution in [0.15, 0.2) is 28.8 Å². The summed E-state index contributed by atoms with van der Waals surface area (Å²) in [4.78, 5) is 20.4. The summed E-state index contributed by atoms with van der Waals surface area (Å²) in [6.45, 7) is 4.60. The van der Waals surface area contributed by atoms with Crippen molar-refractivity contribution in [1.29, 1.82) is 0 Å². The maximum atomic E-state index is 12.2. The Balaban J connectivity index is 1.46. The van der Waals surface area contributed by atoms with E-state index in [-0.39, 0.29) is 25.0 Å². The number of hydrogen-bond donors (Lipinski definition) is 0. The molecule has 1 amide bonds. The van der Waals surface area contributed by atoms with Gasteiger partial charge in [0.2, 0.25) is 17.6 Å². The lowest BCUT2D eigenvalue weighted by Gasteiger charge is -2.36. The van der Waals surface area contributed by atoms with E-state index in [0.29, 0.717) is 37.9 Å². The zero-order valence-electron chi connectivity index (χ0n) is 17.0. The van der Waals surface area contributed by atoms with E-state index in [9.17, 15) is 18.0 Å². The van der Waals surface area contributed by atoms with E-state index in [1.165, 1.54) is 0 Å². The van der Waals surface area contributed by atoms with Crippen molar-refractivity contribution >= 4 is 5.91 Å². The summed E-state index contributed by atoms with van der Waals surface area (Å²) in [5, 5.41) is 4.06. The summed E-state index contributed by atoms with van der Waals surface area (Å²) in [6, 6.07) is 7.75. The van der Waals surface area contributed by atoms with E-state index >= 15 is 0 Å². The number of rotatable bonds is 7. The third-order valence-corrected chi connectivity index (χ3v) is 5.05. The fourth-order valence-corrected chi connectivity index (χ4v) is 3.25. The molecule has 0 N–H and O–H groups in total. The Morgan fingerprint density at radius 3 is 2.50 bits per heavy atom. The lowest BCUT2D eigenvalue weighted by atomic mass is 10.1. The summed E-state index contributed by atoms with van der Waals surface area (Å²) < 4.78 is 46.1. The molecule has 1 fully saturated rings. The molecule has 10 heteroatoms. The van der Waals surface area contributed by atoms with Gasteiger partial charge >= 0.3 is 6.18 Å². The normalized spacial score (nSPS) is 16.6. The molecule has 0 radical (unpaired) electrons. The number of aryl methyl sites for hydroxylation is 1. The smallest absolute Gasteiger partial charge is 0.372 e. The summed E-state index contributed by atoms with van der Waals surface area (Å²) in [7, 11) is 0. The zero-order chi connectivity index (χ0) is 21.7. The van der Waals surface area contributed by atoms with E-state index in [1.54, 1.807) is 4.90 Å². The molecule has 0 saturated carbocycles. The lowest BCUT2D eigenvalue weighted by Crippen LogP contribution is -2.49. The number of ether oxygens (including phenoxy) is 1. The van der Waals surface area contributed by atoms with Crippen LogP contribution in [0.5, 0.6) is 0 Å². The highest BCUT2D eigenvalue weighted by molar-refractivity contribution is 5.76. The first-order valence-corrected chi connectivity index (χ1v) is 9.80. The molecule has 1 aliphatic heterocycles. The highest BCUT2D eigenvalue weighted by Crippen LogP contribution is 2.24. The van der Waals surface area contributed by atoms with Crippen molar-refractivity contribution in [3.05, 3.63) is 35.7 Å². The number of hydrogen-bond acceptors (Lipinski definition) is 6. The van der Waals surface area contributed by atoms with Gasteiger partial charge in [0.15, 0.2) is 0 Å². The van der Waals surface area contributed by atoms with Gasteiger partial charge in [-0.1, -0.05) is 35.0 Å². The minimum atomic E-state index is -4.38. The molecule has 164 valence electrons. The topological polar surface area (TPSA) is 71.7 Å². The van der Waals surface area contributed by atoms with Gasteiger partial charge in [0.1, 0.15) is 6.61 Å². The maximum absolute atomic E-state index is 12.2. The van der Waals surface area contributed by atoms with Gasteiger partial charge in [0, 0.05) is 31.7 Å². The predicted molar refractivity (Wildman–Crippen MR) is 103 cm³/mol. The van der Waals surface area contributed by atoms with Crippen molar-refractivity contribution in [2.75, 3.05) is 39.4 Å². The molecule has 1 saturated heterocycles. The van der Waals surface area contributed by atoms with Gasteiger partial charge in [-0.3, -0.25) is 9.69 Å². The number of halogens is 3. The first-order chi connectivity index (χ1) is 14.2. The molecule has 3 rings (SSSR count). The first kappa shape index (κ1) is 22.2. The Hall–Kier alpha value is -2.46. The highest BCUT2D eigenvalue weighted by Gasteiger charge is 2.29. The highest BCUT2D eigenvalue weighted by atomic mass is 19.4. The number of benzene rings is 1. The van der Waals surface area contributed by atoms with Gasteiger partial charge in [0.05, 0.1) is 19.1 Å². The van der Waals surface area contributed by atoms with Crippen LogP contribution < -0.4 is 0 Å². The predicted octanol–water partition coefficient (Wildman–Crippen LogP) is 3.22. The average Bonchev–Trinajstić information content (AvgIpc) is 3.20. The number of carbonyl (C=O) groups excluding carboxylic acids is 1. The largest absolute Gasteiger partial charge is 0.411 e. The van der Waals surface area contributed by atoms with Gasteiger partial charge in [0.25, 0.3) is 0 Å². The Morgan fingerprint density at radius 1 is 1.20 bits per heavy atom. The minimum absolute atomic E-state index is 0.0603. The third kappa shape index (κ3) is 6.02. The summed E-state index contributed by atoms with van der Waals surface area (Å²) in [5.74, 6) is 0.833. The van der Waals surface area contributed by atoms with Crippen molar-refractivity contribution < 1.29 is 27.2 Å². The number of amides is 1. The fourth-order valence-electron chi connectivity index (χ4n) is 3.25. The van der Waals surface area contributed by atoms with Crippen molar-refractivity contribution in [3.63, 3.8) is 0 Å². The molecule has 1 aliphatic rings. The molecule has 30 heavy (non-hydrogen) atoms. The van der Waals surface area contributed by atoms with E-state index in [0.717, 1.165) is 11.1 Å². The number of alkyl halides is 3. The number of carbonyl (C=O) groups is 1. The number of nitrogens with zero attached hydrogens (tertiary/aromatic N) is 4. The minimum Gasteiger partial charge on any atom is -0.372 e. The van der Waals surface area contributed by atoms with Gasteiger partial charge in [-0.05, 0) is 13.8 Å². The standard InChI is InChI=1S/C20H25F3N4O3/c1-14-3-5-16(6-4-14)18-24-19(30-25-18)15(2)26-8-10-27(11-9-26)17(28)7-12-29-13-20(21,22)23/h3-6,15H,7-13H2,1-2H3. The van der Waals surface area contributed by atoms with Crippen LogP contribution in [0.3, 0.4) is 0 Å². The monoisotopic (exact) mass is 426 g/mol. The van der Waals surface area contributed by atoms with Gasteiger partial charge < -0.3 is 14.2 Å². The second-order valence-electron chi connectivity index (χ2n) is 7.33. The zero-order valence-corrected chi connectivity index (χ0v) is 17.0. The van der Waals surface area contributed by atoms with E-state index in [4.69, 9.17) is 4.52 Å². The fraction of sp³-hybridized carbons (Fsp3) is 0.550. The second kappa shape index (κ2) is 9.57. The molecule has 1 atom stereocenters. The molecule has 2 heterocycles. The second-order valence-corrected chi connectivity index (χ2v) is 7.33. The molecule has 7 nitrogen and oxygen atoms in total. The number of piperazine rings is 1. The van der Waals surface area contributed by atoms with Gasteiger partial charge in [-0.2, -0.15) is 18.2 Å². The molecule has 1 aromatic heterocycles. The van der Waals surface area contributed by atoms with Crippen LogP contribution in [-0.2, 0) is 9.53 Å². The summed E-state index contributed by atoms with van der Waals surface area (Å²) in [6.07, 6.45) is -4.44. The lowest BCUT2D eigenvalue weighted by molar-refractivity contribution is -0.175. The van der Waals surface area contributed by atoms with Crippen LogP contribution in [0.2, 0.25) is 0 Å². The molecule has 1 aromatic carbocycles. The van der Waals surface area contributed by atoms with Crippen molar-refractivity contribution in [1.82, 2.24) is 19.9 Å². The number of aromatic nitrogens is 2. The summed E-state index contributed by atoms with van der Waals surface area (Å²) >= 11 is 0. The molecule has 2 aromatic rings. The SMILES string of the molecule is Cc1ccc(-c2noc(C(C)N3CCN(C(=O)CCOCC(F)(F)F)CC3)n2)cc1. The van der Waals surface area contributed by atoms with Crippen molar-refractivity contribution in [2.24, 2.45) is 0 Å². The maximum Gasteiger partial charge on any atom is 0.411 e. The summed E-state index contributed by atoms with van der Waals surface area (Å²) in [5.41, 5.74) is 2.03. The molecular formula is C20H25F3N4O3. The van der Waals surface area contributed by atoms with Gasteiger partial charge in [-0.15, -0.1) is 0 Å². The Morgan fingerprint density at radius 2 is 1.87 bits per heavy atom. The van der Waals surface area contributed by atoms with Crippen LogP contribution in [0.4, 0.5) is 13.2 Å². The van der Waals surface area contributed by atoms with Crippen LogP contribution in [0, 0.1) is 6.92 Å². The molecule has 0 spiro atoms. The van der Waals surface area contributed by atoms with Gasteiger partial charge in [-0.25, -0.2) is 0 Å². The Labute approximate surface area is 172 Å². The molecule has 1 unspecified atom stereocenters. The Bertz CT molecular complexity index is 831. The van der Waals surface area contributed by atoms with E-state index in [1.807, 2.05) is 38.1 Å².